The number of benzene rings is 1. The van der Waals surface area contributed by atoms with Gasteiger partial charge in [0.2, 0.25) is 0 Å². The number of aromatic nitrogens is 1. The van der Waals surface area contributed by atoms with Crippen LogP contribution in [0.1, 0.15) is 15.9 Å². The van der Waals surface area contributed by atoms with Crippen molar-refractivity contribution in [3.63, 3.8) is 0 Å². The van der Waals surface area contributed by atoms with Gasteiger partial charge in [-0.25, -0.2) is 0 Å². The van der Waals surface area contributed by atoms with Crippen molar-refractivity contribution in [3.05, 3.63) is 35.5 Å². The molecule has 8 nitrogen and oxygen atoms in total. The van der Waals surface area contributed by atoms with E-state index in [0.29, 0.717) is 58.0 Å². The van der Waals surface area contributed by atoms with Gasteiger partial charge < -0.3 is 14.2 Å². The zero-order valence-electron chi connectivity index (χ0n) is 16.3. The predicted molar refractivity (Wildman–Crippen MR) is 106 cm³/mol. The van der Waals surface area contributed by atoms with Crippen LogP contribution in [0.3, 0.4) is 0 Å². The van der Waals surface area contributed by atoms with Crippen LogP contribution in [0.15, 0.2) is 24.4 Å². The number of fused-ring (bicyclic) bond motifs is 1. The number of rotatable bonds is 3. The van der Waals surface area contributed by atoms with Crippen molar-refractivity contribution >= 4 is 27.0 Å². The number of hydrogen-bond donors (Lipinski definition) is 0. The van der Waals surface area contributed by atoms with E-state index in [1.54, 1.807) is 4.90 Å². The lowest BCUT2D eigenvalue weighted by Gasteiger charge is -2.37. The Morgan fingerprint density at radius 1 is 1.00 bits per heavy atom. The van der Waals surface area contributed by atoms with Crippen LogP contribution < -0.4 is 0 Å². The van der Waals surface area contributed by atoms with Gasteiger partial charge in [-0.15, -0.1) is 0 Å². The summed E-state index contributed by atoms with van der Waals surface area (Å²) >= 11 is 0. The van der Waals surface area contributed by atoms with Gasteiger partial charge in [-0.2, -0.15) is 17.0 Å². The van der Waals surface area contributed by atoms with Crippen molar-refractivity contribution in [2.45, 2.75) is 6.92 Å². The van der Waals surface area contributed by atoms with E-state index in [9.17, 15) is 13.2 Å². The van der Waals surface area contributed by atoms with Crippen molar-refractivity contribution in [2.24, 2.45) is 7.05 Å². The summed E-state index contributed by atoms with van der Waals surface area (Å²) < 4.78 is 35.8. The number of ether oxygens (including phenoxy) is 1. The first kappa shape index (κ1) is 19.4. The van der Waals surface area contributed by atoms with Gasteiger partial charge in [-0.3, -0.25) is 4.79 Å². The molecule has 1 aromatic carbocycles. The molecule has 2 aliphatic heterocycles. The average molecular weight is 407 g/mol. The molecular formula is C19H26N4O4S. The van der Waals surface area contributed by atoms with E-state index in [1.165, 1.54) is 8.61 Å². The second-order valence-corrected chi connectivity index (χ2v) is 9.29. The SMILES string of the molecule is Cc1cn(C)c2ccc(C(=O)N3CCN(S(=O)(=O)N4CCOCC4)CC3)cc12. The normalized spacial score (nSPS) is 20.0. The maximum atomic E-state index is 12.9. The summed E-state index contributed by atoms with van der Waals surface area (Å²) in [6.45, 7) is 5.10. The molecule has 152 valence electrons. The topological polar surface area (TPSA) is 75.1 Å². The minimum absolute atomic E-state index is 0.0476. The van der Waals surface area contributed by atoms with Gasteiger partial charge in [0.25, 0.3) is 16.1 Å². The number of carbonyl (C=O) groups is 1. The molecule has 2 aromatic rings. The highest BCUT2D eigenvalue weighted by atomic mass is 32.2. The average Bonchev–Trinajstić information content (AvgIpc) is 3.01. The van der Waals surface area contributed by atoms with Crippen LogP contribution in [-0.2, 0) is 22.0 Å². The summed E-state index contributed by atoms with van der Waals surface area (Å²) in [5.74, 6) is -0.0476. The number of aryl methyl sites for hydroxylation is 2. The molecule has 0 N–H and O–H groups in total. The molecule has 0 bridgehead atoms. The molecule has 2 saturated heterocycles. The second kappa shape index (κ2) is 7.47. The minimum atomic E-state index is -3.48. The Bertz CT molecular complexity index is 987. The Balaban J connectivity index is 1.45. The molecule has 28 heavy (non-hydrogen) atoms. The van der Waals surface area contributed by atoms with Gasteiger partial charge in [0, 0.05) is 69.0 Å². The molecule has 2 aliphatic rings. The second-order valence-electron chi connectivity index (χ2n) is 7.37. The highest BCUT2D eigenvalue weighted by molar-refractivity contribution is 7.86. The maximum Gasteiger partial charge on any atom is 0.282 e. The van der Waals surface area contributed by atoms with E-state index in [4.69, 9.17) is 4.74 Å². The Kier molecular flexibility index (Phi) is 5.17. The van der Waals surface area contributed by atoms with Crippen molar-refractivity contribution < 1.29 is 17.9 Å². The molecule has 4 rings (SSSR count). The van der Waals surface area contributed by atoms with Gasteiger partial charge >= 0.3 is 0 Å². The zero-order valence-corrected chi connectivity index (χ0v) is 17.1. The molecule has 0 unspecified atom stereocenters. The number of piperazine rings is 1. The third-order valence-electron chi connectivity index (χ3n) is 5.58. The Hall–Kier alpha value is -1.94. The lowest BCUT2D eigenvalue weighted by molar-refractivity contribution is 0.0636. The number of amides is 1. The van der Waals surface area contributed by atoms with E-state index in [0.717, 1.165) is 16.5 Å². The first-order valence-electron chi connectivity index (χ1n) is 9.56. The van der Waals surface area contributed by atoms with Crippen LogP contribution in [0.2, 0.25) is 0 Å². The molecule has 0 radical (unpaired) electrons. The molecule has 0 aliphatic carbocycles. The van der Waals surface area contributed by atoms with Gasteiger partial charge in [0.05, 0.1) is 13.2 Å². The first-order chi connectivity index (χ1) is 13.4. The maximum absolute atomic E-state index is 12.9. The molecule has 0 atom stereocenters. The van der Waals surface area contributed by atoms with Crippen LogP contribution in [0.4, 0.5) is 0 Å². The van der Waals surface area contributed by atoms with Crippen molar-refractivity contribution in [1.29, 1.82) is 0 Å². The monoisotopic (exact) mass is 406 g/mol. The van der Waals surface area contributed by atoms with Crippen LogP contribution in [0.5, 0.6) is 0 Å². The molecular weight excluding hydrogens is 380 g/mol. The quantitative estimate of drug-likeness (QED) is 0.757. The van der Waals surface area contributed by atoms with E-state index in [1.807, 2.05) is 42.9 Å². The van der Waals surface area contributed by atoms with Crippen molar-refractivity contribution in [1.82, 2.24) is 18.1 Å². The fourth-order valence-corrected chi connectivity index (χ4v) is 5.53. The van der Waals surface area contributed by atoms with Gasteiger partial charge in [-0.1, -0.05) is 0 Å². The highest BCUT2D eigenvalue weighted by Gasteiger charge is 2.34. The van der Waals surface area contributed by atoms with E-state index in [-0.39, 0.29) is 5.91 Å². The zero-order chi connectivity index (χ0) is 19.9. The lowest BCUT2D eigenvalue weighted by atomic mass is 10.1. The Labute approximate surface area is 165 Å². The standard InChI is InChI=1S/C19H26N4O4S/c1-15-14-20(2)18-4-3-16(13-17(15)18)19(24)21-5-7-22(8-6-21)28(25,26)23-9-11-27-12-10-23/h3-4,13-14H,5-12H2,1-2H3. The van der Waals surface area contributed by atoms with Gasteiger partial charge in [-0.05, 0) is 30.7 Å². The van der Waals surface area contributed by atoms with E-state index < -0.39 is 10.2 Å². The number of carbonyl (C=O) groups excluding carboxylic acids is 1. The van der Waals surface area contributed by atoms with E-state index in [2.05, 4.69) is 0 Å². The van der Waals surface area contributed by atoms with Crippen LogP contribution >= 0.6 is 0 Å². The molecule has 9 heteroatoms. The Morgan fingerprint density at radius 2 is 1.64 bits per heavy atom. The summed E-state index contributed by atoms with van der Waals surface area (Å²) in [5.41, 5.74) is 2.87. The van der Waals surface area contributed by atoms with E-state index >= 15 is 0 Å². The fraction of sp³-hybridized carbons (Fsp3) is 0.526. The van der Waals surface area contributed by atoms with Crippen molar-refractivity contribution in [2.75, 3.05) is 52.5 Å². The fourth-order valence-electron chi connectivity index (χ4n) is 3.97. The molecule has 1 amide bonds. The predicted octanol–water partition coefficient (Wildman–Crippen LogP) is 0.822. The Morgan fingerprint density at radius 3 is 2.32 bits per heavy atom. The number of hydrogen-bond acceptors (Lipinski definition) is 4. The molecule has 1 aromatic heterocycles. The molecule has 2 fully saturated rings. The third-order valence-corrected chi connectivity index (χ3v) is 7.62. The molecule has 3 heterocycles. The van der Waals surface area contributed by atoms with Crippen LogP contribution in [0, 0.1) is 6.92 Å². The smallest absolute Gasteiger partial charge is 0.282 e. The lowest BCUT2D eigenvalue weighted by Crippen LogP contribution is -2.55. The minimum Gasteiger partial charge on any atom is -0.379 e. The summed E-state index contributed by atoms with van der Waals surface area (Å²) in [7, 11) is -1.49. The van der Waals surface area contributed by atoms with Crippen LogP contribution in [-0.4, -0.2) is 84.9 Å². The number of nitrogens with zero attached hydrogens (tertiary/aromatic N) is 4. The summed E-state index contributed by atoms with van der Waals surface area (Å²) in [4.78, 5) is 14.7. The van der Waals surface area contributed by atoms with Gasteiger partial charge in [0.15, 0.2) is 0 Å². The molecule has 0 spiro atoms. The largest absolute Gasteiger partial charge is 0.379 e. The van der Waals surface area contributed by atoms with Gasteiger partial charge in [0.1, 0.15) is 0 Å². The summed E-state index contributed by atoms with van der Waals surface area (Å²) in [5, 5.41) is 1.07. The molecule has 0 saturated carbocycles. The van der Waals surface area contributed by atoms with Crippen molar-refractivity contribution in [3.8, 4) is 0 Å². The summed E-state index contributed by atoms with van der Waals surface area (Å²) in [6.07, 6.45) is 2.05. The highest BCUT2D eigenvalue weighted by Crippen LogP contribution is 2.23. The number of morpholine rings is 1. The summed E-state index contributed by atoms with van der Waals surface area (Å²) in [6, 6.07) is 5.75. The first-order valence-corrected chi connectivity index (χ1v) is 11.0. The third kappa shape index (κ3) is 3.43. The van der Waals surface area contributed by atoms with Crippen LogP contribution in [0.25, 0.3) is 10.9 Å².